The molecule has 0 radical (unpaired) electrons. The average Bonchev–Trinajstić information content (AvgIpc) is 3.14. The van der Waals surface area contributed by atoms with Crippen LogP contribution in [0, 0.1) is 5.92 Å². The number of carbonyl (C=O) groups is 1. The Morgan fingerprint density at radius 2 is 2.25 bits per heavy atom. The maximum Gasteiger partial charge on any atom is 0.246 e. The topological polar surface area (TPSA) is 58.2 Å². The molecule has 1 N–H and O–H groups in total. The van der Waals surface area contributed by atoms with Crippen molar-refractivity contribution in [1.29, 1.82) is 0 Å². The number of rotatable bonds is 5. The number of methoxy groups -OCH3 is 1. The van der Waals surface area contributed by atoms with Gasteiger partial charge in [0, 0.05) is 26.3 Å². The van der Waals surface area contributed by atoms with Crippen molar-refractivity contribution in [3.8, 4) is 0 Å². The van der Waals surface area contributed by atoms with Crippen LogP contribution in [0.2, 0.25) is 0 Å². The standard InChI is InChI=1S/C19H23N3O2/c1-24-18-13-22(19(23)8-7-17-12-20-14-21-17)10-9-16(18)11-15-5-3-2-4-6-15/h2-8,12,14,16,18H,9-11,13H2,1H3,(H,20,21)/t16-,18+/m1/s1. The third kappa shape index (κ3) is 4.11. The molecule has 0 saturated carbocycles. The molecule has 3 rings (SSSR count). The summed E-state index contributed by atoms with van der Waals surface area (Å²) in [6.45, 7) is 1.41. The van der Waals surface area contributed by atoms with E-state index in [-0.39, 0.29) is 12.0 Å². The fourth-order valence-electron chi connectivity index (χ4n) is 3.21. The summed E-state index contributed by atoms with van der Waals surface area (Å²) in [5, 5.41) is 0. The number of H-pyrrole nitrogens is 1. The molecule has 0 aliphatic carbocycles. The van der Waals surface area contributed by atoms with Gasteiger partial charge < -0.3 is 14.6 Å². The predicted molar refractivity (Wildman–Crippen MR) is 93.3 cm³/mol. The molecule has 0 spiro atoms. The predicted octanol–water partition coefficient (Wildman–Crippen LogP) is 2.53. The van der Waals surface area contributed by atoms with Gasteiger partial charge in [0.25, 0.3) is 0 Å². The van der Waals surface area contributed by atoms with Crippen LogP contribution in [-0.2, 0) is 16.0 Å². The van der Waals surface area contributed by atoms with Gasteiger partial charge in [0.1, 0.15) is 0 Å². The van der Waals surface area contributed by atoms with E-state index in [1.54, 1.807) is 31.8 Å². The van der Waals surface area contributed by atoms with Crippen molar-refractivity contribution in [1.82, 2.24) is 14.9 Å². The number of carbonyl (C=O) groups excluding carboxylic acids is 1. The highest BCUT2D eigenvalue weighted by atomic mass is 16.5. The molecule has 0 bridgehead atoms. The number of ether oxygens (including phenoxy) is 1. The Hall–Kier alpha value is -2.40. The highest BCUT2D eigenvalue weighted by Gasteiger charge is 2.30. The molecule has 2 aromatic rings. The summed E-state index contributed by atoms with van der Waals surface area (Å²) >= 11 is 0. The number of piperidine rings is 1. The second-order valence-electron chi connectivity index (χ2n) is 6.14. The highest BCUT2D eigenvalue weighted by molar-refractivity contribution is 5.91. The summed E-state index contributed by atoms with van der Waals surface area (Å²) in [5.41, 5.74) is 2.15. The lowest BCUT2D eigenvalue weighted by atomic mass is 9.87. The first-order chi connectivity index (χ1) is 11.8. The molecular weight excluding hydrogens is 302 g/mol. The number of likely N-dealkylation sites (tertiary alicyclic amines) is 1. The van der Waals surface area contributed by atoms with Crippen molar-refractivity contribution in [3.05, 3.63) is 60.2 Å². The zero-order valence-electron chi connectivity index (χ0n) is 13.9. The van der Waals surface area contributed by atoms with Gasteiger partial charge in [-0.25, -0.2) is 4.98 Å². The molecule has 1 aliphatic heterocycles. The summed E-state index contributed by atoms with van der Waals surface area (Å²) in [5.74, 6) is 0.461. The fourth-order valence-corrected chi connectivity index (χ4v) is 3.21. The van der Waals surface area contributed by atoms with E-state index in [0.29, 0.717) is 12.5 Å². The molecule has 1 saturated heterocycles. The van der Waals surface area contributed by atoms with Crippen LogP contribution in [0.3, 0.4) is 0 Å². The normalized spacial score (nSPS) is 21.3. The molecular formula is C19H23N3O2. The maximum atomic E-state index is 12.4. The van der Waals surface area contributed by atoms with Crippen LogP contribution >= 0.6 is 0 Å². The minimum atomic E-state index is 0.0183. The molecule has 5 nitrogen and oxygen atoms in total. The molecule has 1 fully saturated rings. The number of hydrogen-bond acceptors (Lipinski definition) is 3. The van der Waals surface area contributed by atoms with Gasteiger partial charge in [-0.2, -0.15) is 0 Å². The first-order valence-electron chi connectivity index (χ1n) is 8.28. The third-order valence-electron chi connectivity index (χ3n) is 4.58. The van der Waals surface area contributed by atoms with Crippen molar-refractivity contribution in [3.63, 3.8) is 0 Å². The van der Waals surface area contributed by atoms with Crippen LogP contribution in [-0.4, -0.2) is 47.1 Å². The zero-order valence-corrected chi connectivity index (χ0v) is 13.9. The SMILES string of the molecule is CO[C@H]1CN(C(=O)C=Cc2cnc[nH]2)CC[C@@H]1Cc1ccccc1. The van der Waals surface area contributed by atoms with Crippen molar-refractivity contribution in [2.75, 3.05) is 20.2 Å². The Kier molecular flexibility index (Phi) is 5.43. The molecule has 1 aromatic carbocycles. The lowest BCUT2D eigenvalue weighted by Crippen LogP contribution is -2.47. The van der Waals surface area contributed by atoms with Crippen molar-refractivity contribution in [2.24, 2.45) is 5.92 Å². The molecule has 0 unspecified atom stereocenters. The van der Waals surface area contributed by atoms with E-state index in [1.807, 2.05) is 11.0 Å². The van der Waals surface area contributed by atoms with Crippen molar-refractivity contribution < 1.29 is 9.53 Å². The number of aromatic nitrogens is 2. The largest absolute Gasteiger partial charge is 0.379 e. The zero-order chi connectivity index (χ0) is 16.8. The van der Waals surface area contributed by atoms with E-state index >= 15 is 0 Å². The molecule has 2 atom stereocenters. The number of nitrogens with zero attached hydrogens (tertiary/aromatic N) is 2. The second-order valence-corrected chi connectivity index (χ2v) is 6.14. The number of hydrogen-bond donors (Lipinski definition) is 1. The molecule has 24 heavy (non-hydrogen) atoms. The number of aromatic amines is 1. The Labute approximate surface area is 142 Å². The smallest absolute Gasteiger partial charge is 0.246 e. The summed E-state index contributed by atoms with van der Waals surface area (Å²) in [7, 11) is 1.73. The molecule has 1 aliphatic rings. The maximum absolute atomic E-state index is 12.4. The minimum absolute atomic E-state index is 0.0183. The summed E-state index contributed by atoms with van der Waals surface area (Å²) in [6, 6.07) is 10.5. The number of imidazole rings is 1. The van der Waals surface area contributed by atoms with E-state index in [0.717, 1.165) is 25.1 Å². The Morgan fingerprint density at radius 1 is 1.42 bits per heavy atom. The van der Waals surface area contributed by atoms with Gasteiger partial charge >= 0.3 is 0 Å². The van der Waals surface area contributed by atoms with E-state index in [2.05, 4.69) is 34.2 Å². The number of benzene rings is 1. The summed E-state index contributed by atoms with van der Waals surface area (Å²) in [4.78, 5) is 21.1. The second kappa shape index (κ2) is 7.93. The van der Waals surface area contributed by atoms with Crippen LogP contribution in [0.5, 0.6) is 0 Å². The first-order valence-corrected chi connectivity index (χ1v) is 8.28. The van der Waals surface area contributed by atoms with Crippen LogP contribution in [0.1, 0.15) is 17.7 Å². The Morgan fingerprint density at radius 3 is 2.96 bits per heavy atom. The van der Waals surface area contributed by atoms with Crippen molar-refractivity contribution in [2.45, 2.75) is 18.9 Å². The summed E-state index contributed by atoms with van der Waals surface area (Å²) < 4.78 is 5.67. The first kappa shape index (κ1) is 16.5. The third-order valence-corrected chi connectivity index (χ3v) is 4.58. The fraction of sp³-hybridized carbons (Fsp3) is 0.368. The molecule has 1 amide bonds. The van der Waals surface area contributed by atoms with Crippen molar-refractivity contribution >= 4 is 12.0 Å². The van der Waals surface area contributed by atoms with Crippen LogP contribution in [0.25, 0.3) is 6.08 Å². The van der Waals surface area contributed by atoms with Crippen LogP contribution < -0.4 is 0 Å². The minimum Gasteiger partial charge on any atom is -0.379 e. The average molecular weight is 325 g/mol. The molecule has 126 valence electrons. The molecule has 1 aromatic heterocycles. The lowest BCUT2D eigenvalue weighted by molar-refractivity contribution is -0.131. The van der Waals surface area contributed by atoms with Gasteiger partial charge in [0.2, 0.25) is 5.91 Å². The number of amides is 1. The Balaban J connectivity index is 1.59. The van der Waals surface area contributed by atoms with E-state index in [9.17, 15) is 4.79 Å². The van der Waals surface area contributed by atoms with E-state index in [1.165, 1.54) is 5.56 Å². The van der Waals surface area contributed by atoms with Gasteiger partial charge in [-0.15, -0.1) is 0 Å². The van der Waals surface area contributed by atoms with Crippen LogP contribution in [0.15, 0.2) is 48.9 Å². The molecule has 5 heteroatoms. The summed E-state index contributed by atoms with van der Waals surface area (Å²) in [6.07, 6.45) is 8.66. The van der Waals surface area contributed by atoms with E-state index in [4.69, 9.17) is 4.74 Å². The van der Waals surface area contributed by atoms with Gasteiger partial charge in [-0.1, -0.05) is 30.3 Å². The quantitative estimate of drug-likeness (QED) is 0.860. The lowest BCUT2D eigenvalue weighted by Gasteiger charge is -2.37. The van der Waals surface area contributed by atoms with Gasteiger partial charge in [-0.05, 0) is 30.4 Å². The van der Waals surface area contributed by atoms with Crippen LogP contribution in [0.4, 0.5) is 0 Å². The van der Waals surface area contributed by atoms with E-state index < -0.39 is 0 Å². The van der Waals surface area contributed by atoms with Gasteiger partial charge in [0.15, 0.2) is 0 Å². The van der Waals surface area contributed by atoms with Gasteiger partial charge in [0.05, 0.1) is 24.3 Å². The number of nitrogens with one attached hydrogen (secondary N) is 1. The van der Waals surface area contributed by atoms with Gasteiger partial charge in [-0.3, -0.25) is 4.79 Å². The Bertz CT molecular complexity index is 667. The molecule has 2 heterocycles. The highest BCUT2D eigenvalue weighted by Crippen LogP contribution is 2.24. The monoisotopic (exact) mass is 325 g/mol.